The normalized spacial score (nSPS) is 31.7. The third-order valence-electron chi connectivity index (χ3n) is 8.06. The van der Waals surface area contributed by atoms with E-state index in [1.807, 2.05) is 13.0 Å². The summed E-state index contributed by atoms with van der Waals surface area (Å²) in [5, 5.41) is 12.2. The molecule has 4 atom stereocenters. The minimum atomic E-state index is -0.981. The smallest absolute Gasteiger partial charge is 0.306 e. The molecule has 1 saturated carbocycles. The number of rotatable bonds is 9. The number of aliphatic hydroxyl groups is 1. The Morgan fingerprint density at radius 2 is 2.18 bits per heavy atom. The molecule has 5 rings (SSSR count). The van der Waals surface area contributed by atoms with Crippen molar-refractivity contribution in [2.75, 3.05) is 38.3 Å². The first kappa shape index (κ1) is 23.0. The first-order valence-corrected chi connectivity index (χ1v) is 13.2. The van der Waals surface area contributed by atoms with Crippen molar-refractivity contribution in [1.29, 1.82) is 0 Å². The molecule has 2 bridgehead atoms. The number of esters is 1. The molecular weight excluding hydrogens is 442 g/mol. The number of ether oxygens (including phenoxy) is 3. The van der Waals surface area contributed by atoms with Crippen LogP contribution in [0.25, 0.3) is 0 Å². The highest BCUT2D eigenvalue weighted by molar-refractivity contribution is 7.99. The zero-order valence-corrected chi connectivity index (χ0v) is 20.2. The fourth-order valence-corrected chi connectivity index (χ4v) is 7.54. The Morgan fingerprint density at radius 1 is 1.33 bits per heavy atom. The fraction of sp³-hybridized carbons (Fsp3) is 0.680. The molecule has 1 aromatic rings. The third kappa shape index (κ3) is 3.40. The topological polar surface area (TPSA) is 85.3 Å². The largest absolute Gasteiger partial charge is 0.493 e. The standard InChI is InChI=1S/C25H33NO6S/c1-3-31-20(28)8-14-33-13-4-11-26-12-10-24-21-16-5-6-18(30-2)22(21)32-23(24)17(27)7-9-25(24,29)19(26)15-16/h5-6,19,23,29H,3-4,7-15H2,1-2H3/t19?,23-,24?,25+/m0/s1. The van der Waals surface area contributed by atoms with Crippen LogP contribution in [0, 0.1) is 0 Å². The molecule has 1 aromatic carbocycles. The lowest BCUT2D eigenvalue weighted by atomic mass is 9.49. The molecule has 8 heteroatoms. The van der Waals surface area contributed by atoms with Crippen LogP contribution in [0.4, 0.5) is 0 Å². The van der Waals surface area contributed by atoms with Gasteiger partial charge in [-0.25, -0.2) is 0 Å². The van der Waals surface area contributed by atoms with Crippen LogP contribution in [0.15, 0.2) is 12.1 Å². The molecule has 7 nitrogen and oxygen atoms in total. The summed E-state index contributed by atoms with van der Waals surface area (Å²) in [6, 6.07) is 3.99. The maximum Gasteiger partial charge on any atom is 0.306 e. The lowest BCUT2D eigenvalue weighted by molar-refractivity contribution is -0.188. The summed E-state index contributed by atoms with van der Waals surface area (Å²) < 4.78 is 16.8. The summed E-state index contributed by atoms with van der Waals surface area (Å²) in [6.45, 7) is 3.99. The highest BCUT2D eigenvalue weighted by Crippen LogP contribution is 2.64. The van der Waals surface area contributed by atoms with Crippen LogP contribution in [-0.2, 0) is 26.2 Å². The van der Waals surface area contributed by atoms with E-state index in [-0.39, 0.29) is 17.8 Å². The van der Waals surface area contributed by atoms with Gasteiger partial charge in [-0.15, -0.1) is 0 Å². The van der Waals surface area contributed by atoms with Crippen molar-refractivity contribution in [2.45, 2.75) is 68.6 Å². The number of piperidine rings is 1. The molecular formula is C25H33NO6S. The number of benzene rings is 1. The van der Waals surface area contributed by atoms with Gasteiger partial charge < -0.3 is 19.3 Å². The molecule has 33 heavy (non-hydrogen) atoms. The molecule has 1 saturated heterocycles. The van der Waals surface area contributed by atoms with Crippen LogP contribution in [0.3, 0.4) is 0 Å². The summed E-state index contributed by atoms with van der Waals surface area (Å²) in [5.41, 5.74) is 0.542. The first-order chi connectivity index (χ1) is 16.0. The fourth-order valence-electron chi connectivity index (χ4n) is 6.69. The van der Waals surface area contributed by atoms with E-state index in [0.29, 0.717) is 43.8 Å². The maximum atomic E-state index is 13.0. The van der Waals surface area contributed by atoms with Gasteiger partial charge in [-0.1, -0.05) is 6.07 Å². The molecule has 2 aliphatic carbocycles. The highest BCUT2D eigenvalue weighted by Gasteiger charge is 2.73. The van der Waals surface area contributed by atoms with E-state index in [4.69, 9.17) is 14.2 Å². The average Bonchev–Trinajstić information content (AvgIpc) is 3.15. The molecule has 4 aliphatic rings. The number of methoxy groups -OCH3 is 1. The Bertz CT molecular complexity index is 953. The van der Waals surface area contributed by atoms with E-state index in [2.05, 4.69) is 11.0 Å². The number of Topliss-reactive ketones (excluding diaryl/α,β-unsaturated/α-hetero) is 1. The van der Waals surface area contributed by atoms with Crippen molar-refractivity contribution in [3.05, 3.63) is 23.3 Å². The summed E-state index contributed by atoms with van der Waals surface area (Å²) >= 11 is 1.77. The number of carbonyl (C=O) groups excluding carboxylic acids is 2. The Labute approximate surface area is 199 Å². The zero-order chi connectivity index (χ0) is 23.2. The minimum Gasteiger partial charge on any atom is -0.493 e. The third-order valence-corrected chi connectivity index (χ3v) is 9.13. The second-order valence-corrected chi connectivity index (χ2v) is 10.7. The van der Waals surface area contributed by atoms with Gasteiger partial charge in [0.05, 0.1) is 31.2 Å². The first-order valence-electron chi connectivity index (χ1n) is 12.1. The van der Waals surface area contributed by atoms with E-state index in [1.165, 1.54) is 5.56 Å². The lowest BCUT2D eigenvalue weighted by Gasteiger charge is -2.62. The summed E-state index contributed by atoms with van der Waals surface area (Å²) in [6.07, 6.45) is 3.12. The van der Waals surface area contributed by atoms with Gasteiger partial charge in [0.25, 0.3) is 0 Å². The Kier molecular flexibility index (Phi) is 6.12. The van der Waals surface area contributed by atoms with Gasteiger partial charge in [-0.3, -0.25) is 14.5 Å². The summed E-state index contributed by atoms with van der Waals surface area (Å²) in [5.74, 6) is 3.01. The van der Waals surface area contributed by atoms with Crippen LogP contribution in [-0.4, -0.2) is 77.8 Å². The molecule has 2 unspecified atom stereocenters. The Morgan fingerprint density at radius 3 is 2.97 bits per heavy atom. The second kappa shape index (κ2) is 8.78. The van der Waals surface area contributed by atoms with Crippen molar-refractivity contribution in [3.8, 4) is 11.5 Å². The molecule has 1 spiro atoms. The quantitative estimate of drug-likeness (QED) is 0.431. The number of likely N-dealkylation sites (tertiary alicyclic amines) is 1. The van der Waals surface area contributed by atoms with Gasteiger partial charge in [0.15, 0.2) is 23.4 Å². The zero-order valence-electron chi connectivity index (χ0n) is 19.4. The molecule has 2 fully saturated rings. The number of hydrogen-bond donors (Lipinski definition) is 1. The molecule has 1 N–H and O–H groups in total. The molecule has 0 aromatic heterocycles. The van der Waals surface area contributed by atoms with Crippen LogP contribution in [0.2, 0.25) is 0 Å². The van der Waals surface area contributed by atoms with Gasteiger partial charge in [-0.05, 0) is 63.1 Å². The van der Waals surface area contributed by atoms with E-state index in [0.717, 1.165) is 43.0 Å². The van der Waals surface area contributed by atoms with Crippen LogP contribution >= 0.6 is 11.8 Å². The summed E-state index contributed by atoms with van der Waals surface area (Å²) in [4.78, 5) is 26.9. The van der Waals surface area contributed by atoms with Crippen LogP contribution in [0.5, 0.6) is 11.5 Å². The monoisotopic (exact) mass is 475 g/mol. The van der Waals surface area contributed by atoms with E-state index in [1.54, 1.807) is 18.9 Å². The second-order valence-electron chi connectivity index (χ2n) is 9.52. The lowest BCUT2D eigenvalue weighted by Crippen LogP contribution is -2.76. The van der Waals surface area contributed by atoms with Gasteiger partial charge in [0.2, 0.25) is 0 Å². The number of carbonyl (C=O) groups is 2. The SMILES string of the molecule is CCOC(=O)CCSCCCN1CCC23c4c5ccc(OC)c4O[C@H]2C(=O)CC[C@@]3(O)C1C5. The average molecular weight is 476 g/mol. The van der Waals surface area contributed by atoms with Crippen molar-refractivity contribution < 1.29 is 28.9 Å². The van der Waals surface area contributed by atoms with Gasteiger partial charge >= 0.3 is 5.97 Å². The predicted molar refractivity (Wildman–Crippen MR) is 125 cm³/mol. The number of ketones is 1. The van der Waals surface area contributed by atoms with E-state index < -0.39 is 17.1 Å². The molecule has 0 amide bonds. The van der Waals surface area contributed by atoms with Crippen molar-refractivity contribution in [1.82, 2.24) is 4.90 Å². The number of hydrogen-bond acceptors (Lipinski definition) is 8. The Hall–Kier alpha value is -1.77. The van der Waals surface area contributed by atoms with E-state index >= 15 is 0 Å². The van der Waals surface area contributed by atoms with Crippen LogP contribution < -0.4 is 9.47 Å². The van der Waals surface area contributed by atoms with Gasteiger partial charge in [0.1, 0.15) is 0 Å². The molecule has 2 aliphatic heterocycles. The molecule has 180 valence electrons. The van der Waals surface area contributed by atoms with Crippen LogP contribution in [0.1, 0.15) is 50.2 Å². The van der Waals surface area contributed by atoms with Crippen molar-refractivity contribution >= 4 is 23.5 Å². The highest BCUT2D eigenvalue weighted by atomic mass is 32.2. The van der Waals surface area contributed by atoms with E-state index in [9.17, 15) is 14.7 Å². The van der Waals surface area contributed by atoms with Crippen molar-refractivity contribution in [3.63, 3.8) is 0 Å². The number of thioether (sulfide) groups is 1. The molecule has 2 heterocycles. The minimum absolute atomic E-state index is 0.0261. The van der Waals surface area contributed by atoms with Crippen molar-refractivity contribution in [2.24, 2.45) is 0 Å². The number of nitrogens with zero attached hydrogens (tertiary/aromatic N) is 1. The van der Waals surface area contributed by atoms with Gasteiger partial charge in [0, 0.05) is 23.8 Å². The maximum absolute atomic E-state index is 13.0. The molecule has 0 radical (unpaired) electrons. The predicted octanol–water partition coefficient (Wildman–Crippen LogP) is 2.49. The Balaban J connectivity index is 1.33. The van der Waals surface area contributed by atoms with Gasteiger partial charge in [-0.2, -0.15) is 11.8 Å². The summed E-state index contributed by atoms with van der Waals surface area (Å²) in [7, 11) is 1.62.